The van der Waals surface area contributed by atoms with Gasteiger partial charge in [-0.05, 0) is 51.6 Å². The van der Waals surface area contributed by atoms with Crippen LogP contribution < -0.4 is 5.46 Å². The molecule has 1 aliphatic rings. The van der Waals surface area contributed by atoms with E-state index in [0.29, 0.717) is 6.61 Å². The average molecular weight is 334 g/mol. The first-order chi connectivity index (χ1) is 11.4. The van der Waals surface area contributed by atoms with Gasteiger partial charge in [-0.25, -0.2) is 0 Å². The van der Waals surface area contributed by atoms with Gasteiger partial charge < -0.3 is 19.2 Å². The molecule has 0 spiro atoms. The van der Waals surface area contributed by atoms with E-state index < -0.39 is 0 Å². The molecule has 1 fully saturated rings. The zero-order chi connectivity index (χ0) is 17.6. The predicted molar refractivity (Wildman–Crippen MR) is 97.4 cm³/mol. The van der Waals surface area contributed by atoms with E-state index in [2.05, 4.69) is 39.8 Å². The Morgan fingerprint density at radius 2 is 1.58 bits per heavy atom. The summed E-state index contributed by atoms with van der Waals surface area (Å²) in [6, 6.07) is 8.17. The number of hydrogen-bond donors (Lipinski definition) is 1. The molecular weight excluding hydrogens is 303 g/mol. The maximum absolute atomic E-state index is 8.77. The monoisotopic (exact) mass is 334 g/mol. The molecule has 1 N–H and O–H groups in total. The van der Waals surface area contributed by atoms with Crippen molar-refractivity contribution in [1.29, 1.82) is 0 Å². The quantitative estimate of drug-likeness (QED) is 0.557. The number of ether oxygens (including phenoxy) is 1. The van der Waals surface area contributed by atoms with Crippen molar-refractivity contribution in [2.24, 2.45) is 0 Å². The highest BCUT2D eigenvalue weighted by Gasteiger charge is 2.52. The van der Waals surface area contributed by atoms with Crippen molar-refractivity contribution in [2.45, 2.75) is 71.2 Å². The van der Waals surface area contributed by atoms with Crippen molar-refractivity contribution < 1.29 is 19.2 Å². The van der Waals surface area contributed by atoms with Crippen molar-refractivity contribution >= 4 is 12.6 Å². The highest BCUT2D eigenvalue weighted by Crippen LogP contribution is 2.36. The predicted octanol–water partition coefficient (Wildman–Crippen LogP) is 3.06. The molecule has 1 saturated heterocycles. The Labute approximate surface area is 146 Å². The highest BCUT2D eigenvalue weighted by molar-refractivity contribution is 6.62. The Kier molecular flexibility index (Phi) is 6.87. The molecule has 2 rings (SSSR count). The van der Waals surface area contributed by atoms with E-state index >= 15 is 0 Å². The summed E-state index contributed by atoms with van der Waals surface area (Å²) >= 11 is 0. The fraction of sp³-hybridized carbons (Fsp3) is 0.684. The largest absolute Gasteiger partial charge is 0.495 e. The highest BCUT2D eigenvalue weighted by atomic mass is 16.7. The Morgan fingerprint density at radius 1 is 0.958 bits per heavy atom. The Hall–Kier alpha value is -0.875. The van der Waals surface area contributed by atoms with Crippen molar-refractivity contribution in [2.75, 3.05) is 13.2 Å². The lowest BCUT2D eigenvalue weighted by molar-refractivity contribution is 0.00578. The van der Waals surface area contributed by atoms with Crippen LogP contribution in [0.4, 0.5) is 0 Å². The summed E-state index contributed by atoms with van der Waals surface area (Å²) < 4.78 is 18.2. The van der Waals surface area contributed by atoms with E-state index in [1.165, 1.54) is 0 Å². The van der Waals surface area contributed by atoms with Crippen molar-refractivity contribution in [3.63, 3.8) is 0 Å². The summed E-state index contributed by atoms with van der Waals surface area (Å²) in [6.07, 6.45) is 4.06. The molecule has 0 saturated carbocycles. The molecule has 0 bridgehead atoms. The van der Waals surface area contributed by atoms with Gasteiger partial charge in [0, 0.05) is 13.2 Å². The van der Waals surface area contributed by atoms with Gasteiger partial charge in [0.1, 0.15) is 0 Å². The number of hydrogen-bond acceptors (Lipinski definition) is 4. The van der Waals surface area contributed by atoms with Crippen LogP contribution >= 0.6 is 0 Å². The van der Waals surface area contributed by atoms with E-state index in [0.717, 1.165) is 43.3 Å². The number of rotatable bonds is 9. The molecule has 0 atom stereocenters. The smallest absolute Gasteiger partial charge is 0.399 e. The SMILES string of the molecule is CC1(C)OB(c2ccccc2COCCCCCCO)OC1(C)C. The molecule has 1 aliphatic heterocycles. The molecule has 1 heterocycles. The second-order valence-corrected chi connectivity index (χ2v) is 7.48. The van der Waals surface area contributed by atoms with Gasteiger partial charge >= 0.3 is 7.12 Å². The van der Waals surface area contributed by atoms with Crippen LogP contribution in [0.25, 0.3) is 0 Å². The van der Waals surface area contributed by atoms with Crippen LogP contribution in [0.2, 0.25) is 0 Å². The summed E-state index contributed by atoms with van der Waals surface area (Å²) in [7, 11) is -0.348. The Balaban J connectivity index is 1.89. The fourth-order valence-electron chi connectivity index (χ4n) is 2.72. The lowest BCUT2D eigenvalue weighted by atomic mass is 9.76. The minimum atomic E-state index is -0.348. The standard InChI is InChI=1S/C19H31BO4/c1-18(2)19(3,4)24-20(23-18)17-12-8-7-11-16(17)15-22-14-10-6-5-9-13-21/h7-8,11-12,21H,5-6,9-10,13-15H2,1-4H3. The van der Waals surface area contributed by atoms with E-state index in [9.17, 15) is 0 Å². The van der Waals surface area contributed by atoms with Gasteiger partial charge in [-0.15, -0.1) is 0 Å². The molecule has 0 aliphatic carbocycles. The van der Waals surface area contributed by atoms with Crippen molar-refractivity contribution in [3.05, 3.63) is 29.8 Å². The normalized spacial score (nSPS) is 19.0. The van der Waals surface area contributed by atoms with Crippen LogP contribution in [0.15, 0.2) is 24.3 Å². The summed E-state index contributed by atoms with van der Waals surface area (Å²) in [6.45, 7) is 9.86. The summed E-state index contributed by atoms with van der Waals surface area (Å²) in [5.74, 6) is 0. The van der Waals surface area contributed by atoms with Crippen LogP contribution in [0.1, 0.15) is 58.9 Å². The van der Waals surface area contributed by atoms with Gasteiger partial charge in [-0.2, -0.15) is 0 Å². The van der Waals surface area contributed by atoms with Crippen LogP contribution in [0.5, 0.6) is 0 Å². The van der Waals surface area contributed by atoms with Gasteiger partial charge in [-0.3, -0.25) is 0 Å². The van der Waals surface area contributed by atoms with Gasteiger partial charge in [-0.1, -0.05) is 37.1 Å². The maximum Gasteiger partial charge on any atom is 0.495 e. The summed E-state index contributed by atoms with van der Waals surface area (Å²) in [5.41, 5.74) is 1.50. The third-order valence-corrected chi connectivity index (χ3v) is 5.02. The first-order valence-corrected chi connectivity index (χ1v) is 8.99. The molecule has 1 aromatic rings. The summed E-state index contributed by atoms with van der Waals surface area (Å²) in [5, 5.41) is 8.77. The molecule has 0 radical (unpaired) electrons. The third kappa shape index (κ3) is 4.82. The van der Waals surface area contributed by atoms with Crippen LogP contribution in [0, 0.1) is 0 Å². The van der Waals surface area contributed by atoms with Crippen LogP contribution in [-0.4, -0.2) is 36.6 Å². The lowest BCUT2D eigenvalue weighted by Crippen LogP contribution is -2.41. The molecule has 0 amide bonds. The molecule has 0 unspecified atom stereocenters. The second-order valence-electron chi connectivity index (χ2n) is 7.48. The zero-order valence-corrected chi connectivity index (χ0v) is 15.5. The number of benzene rings is 1. The minimum Gasteiger partial charge on any atom is -0.399 e. The molecule has 4 nitrogen and oxygen atoms in total. The van der Waals surface area contributed by atoms with Crippen LogP contribution in [-0.2, 0) is 20.7 Å². The van der Waals surface area contributed by atoms with Gasteiger partial charge in [0.05, 0.1) is 17.8 Å². The first-order valence-electron chi connectivity index (χ1n) is 8.99. The topological polar surface area (TPSA) is 47.9 Å². The lowest BCUT2D eigenvalue weighted by Gasteiger charge is -2.32. The van der Waals surface area contributed by atoms with E-state index in [-0.39, 0.29) is 24.9 Å². The fourth-order valence-corrected chi connectivity index (χ4v) is 2.72. The van der Waals surface area contributed by atoms with Gasteiger partial charge in [0.25, 0.3) is 0 Å². The maximum atomic E-state index is 8.77. The van der Waals surface area contributed by atoms with Crippen molar-refractivity contribution in [3.8, 4) is 0 Å². The molecule has 24 heavy (non-hydrogen) atoms. The number of aliphatic hydroxyl groups is 1. The van der Waals surface area contributed by atoms with Gasteiger partial charge in [0.2, 0.25) is 0 Å². The number of aliphatic hydroxyl groups excluding tert-OH is 1. The van der Waals surface area contributed by atoms with E-state index in [4.69, 9.17) is 19.2 Å². The third-order valence-electron chi connectivity index (χ3n) is 5.02. The zero-order valence-electron chi connectivity index (χ0n) is 15.5. The Bertz CT molecular complexity index is 500. The number of unbranched alkanes of at least 4 members (excludes halogenated alkanes) is 3. The molecule has 134 valence electrons. The van der Waals surface area contributed by atoms with Crippen LogP contribution in [0.3, 0.4) is 0 Å². The molecule has 5 heteroatoms. The average Bonchev–Trinajstić information content (AvgIpc) is 2.75. The van der Waals surface area contributed by atoms with E-state index in [1.807, 2.05) is 12.1 Å². The second kappa shape index (κ2) is 8.48. The Morgan fingerprint density at radius 3 is 2.25 bits per heavy atom. The van der Waals surface area contributed by atoms with E-state index in [1.54, 1.807) is 0 Å². The van der Waals surface area contributed by atoms with Crippen molar-refractivity contribution in [1.82, 2.24) is 0 Å². The summed E-state index contributed by atoms with van der Waals surface area (Å²) in [4.78, 5) is 0. The molecule has 1 aromatic carbocycles. The minimum absolute atomic E-state index is 0.280. The first kappa shape index (κ1) is 19.4. The molecular formula is C19H31BO4. The molecule has 0 aromatic heterocycles. The van der Waals surface area contributed by atoms with Gasteiger partial charge in [0.15, 0.2) is 0 Å².